The minimum atomic E-state index is -4.48. The Hall–Kier alpha value is -0.590. The predicted octanol–water partition coefficient (Wildman–Crippen LogP) is 3.82. The number of hydrogen-bond acceptors (Lipinski definition) is 1. The minimum absolute atomic E-state index is 0.0518. The van der Waals surface area contributed by atoms with Crippen LogP contribution in [0.4, 0.5) is 13.2 Å². The summed E-state index contributed by atoms with van der Waals surface area (Å²) >= 11 is 1.59. The first-order valence-electron chi connectivity index (χ1n) is 4.12. The van der Waals surface area contributed by atoms with Crippen LogP contribution in [-0.4, -0.2) is 5.78 Å². The smallest absolute Gasteiger partial charge is 0.294 e. The van der Waals surface area contributed by atoms with Gasteiger partial charge < -0.3 is 0 Å². The van der Waals surface area contributed by atoms with Crippen molar-refractivity contribution >= 4 is 28.4 Å². The number of alkyl halides is 3. The second kappa shape index (κ2) is 4.11. The highest BCUT2D eigenvalue weighted by Crippen LogP contribution is 2.36. The van der Waals surface area contributed by atoms with Crippen molar-refractivity contribution in [3.8, 4) is 0 Å². The van der Waals surface area contributed by atoms with E-state index >= 15 is 0 Å². The molecule has 0 spiro atoms. The lowest BCUT2D eigenvalue weighted by Gasteiger charge is -2.15. The Morgan fingerprint density at radius 1 is 1.33 bits per heavy atom. The van der Waals surface area contributed by atoms with E-state index in [1.165, 1.54) is 19.1 Å². The molecule has 1 aromatic carbocycles. The van der Waals surface area contributed by atoms with Crippen molar-refractivity contribution in [2.45, 2.75) is 20.0 Å². The normalized spacial score (nSPS) is 11.6. The third-order valence-corrected chi connectivity index (χ3v) is 2.90. The van der Waals surface area contributed by atoms with E-state index in [0.717, 1.165) is 6.92 Å². The number of hydrogen-bond donors (Lipinski definition) is 0. The quantitative estimate of drug-likeness (QED) is 0.566. The van der Waals surface area contributed by atoms with Crippen LogP contribution in [0.25, 0.3) is 0 Å². The predicted molar refractivity (Wildman–Crippen MR) is 58.9 cm³/mol. The van der Waals surface area contributed by atoms with Gasteiger partial charge in [-0.2, -0.15) is 13.2 Å². The van der Waals surface area contributed by atoms with Crippen molar-refractivity contribution in [2.75, 3.05) is 0 Å². The highest BCUT2D eigenvalue weighted by Gasteiger charge is 2.37. The van der Waals surface area contributed by atoms with Crippen LogP contribution in [-0.2, 0) is 6.18 Å². The lowest BCUT2D eigenvalue weighted by Crippen LogP contribution is -2.15. The fraction of sp³-hybridized carbons (Fsp3) is 0.300. The summed E-state index contributed by atoms with van der Waals surface area (Å²) in [5.41, 5.74) is -0.694. The van der Waals surface area contributed by atoms with Gasteiger partial charge in [-0.1, -0.05) is 6.07 Å². The van der Waals surface area contributed by atoms with Crippen LogP contribution in [0.5, 0.6) is 0 Å². The van der Waals surface area contributed by atoms with Gasteiger partial charge in [-0.25, -0.2) is 0 Å². The molecule has 0 aliphatic carbocycles. The molecule has 15 heavy (non-hydrogen) atoms. The molecule has 5 heteroatoms. The van der Waals surface area contributed by atoms with Crippen LogP contribution < -0.4 is 0 Å². The summed E-state index contributed by atoms with van der Waals surface area (Å²) in [7, 11) is 0. The molecule has 0 unspecified atom stereocenters. The van der Waals surface area contributed by atoms with Crippen LogP contribution >= 0.6 is 22.6 Å². The number of Topliss-reactive ketones (excluding diaryl/α,β-unsaturated/α-hetero) is 1. The average molecular weight is 328 g/mol. The molecular formula is C10H8F3IO. The number of carbonyl (C=O) groups is 1. The number of rotatable bonds is 1. The second-order valence-electron chi connectivity index (χ2n) is 3.17. The van der Waals surface area contributed by atoms with E-state index in [9.17, 15) is 18.0 Å². The molecule has 0 saturated carbocycles. The third-order valence-electron chi connectivity index (χ3n) is 2.00. The standard InChI is InChI=1S/C10H8F3IO/c1-5-3-4-7(14)9(10(11,12)13)8(5)6(2)15/h3-4H,1-2H3. The summed E-state index contributed by atoms with van der Waals surface area (Å²) < 4.78 is 38.1. The molecule has 82 valence electrons. The van der Waals surface area contributed by atoms with Crippen molar-refractivity contribution in [1.29, 1.82) is 0 Å². The first-order chi connectivity index (χ1) is 6.75. The van der Waals surface area contributed by atoms with Crippen LogP contribution in [0.1, 0.15) is 28.4 Å². The van der Waals surface area contributed by atoms with Gasteiger partial charge in [0.05, 0.1) is 5.56 Å². The molecular weight excluding hydrogens is 320 g/mol. The number of ketones is 1. The minimum Gasteiger partial charge on any atom is -0.294 e. The van der Waals surface area contributed by atoms with E-state index < -0.39 is 17.5 Å². The van der Waals surface area contributed by atoms with Crippen molar-refractivity contribution in [3.63, 3.8) is 0 Å². The zero-order valence-electron chi connectivity index (χ0n) is 8.07. The molecule has 0 radical (unpaired) electrons. The van der Waals surface area contributed by atoms with Gasteiger partial charge in [0.25, 0.3) is 0 Å². The van der Waals surface area contributed by atoms with Crippen LogP contribution in [0.15, 0.2) is 12.1 Å². The van der Waals surface area contributed by atoms with Gasteiger partial charge in [-0.3, -0.25) is 4.79 Å². The van der Waals surface area contributed by atoms with Gasteiger partial charge in [-0.15, -0.1) is 0 Å². The lowest BCUT2D eigenvalue weighted by atomic mass is 9.98. The zero-order valence-corrected chi connectivity index (χ0v) is 10.2. The topological polar surface area (TPSA) is 17.1 Å². The van der Waals surface area contributed by atoms with E-state index in [1.807, 2.05) is 0 Å². The molecule has 0 atom stereocenters. The molecule has 0 fully saturated rings. The molecule has 0 aliphatic heterocycles. The fourth-order valence-electron chi connectivity index (χ4n) is 1.41. The highest BCUT2D eigenvalue weighted by atomic mass is 127. The molecule has 1 nitrogen and oxygen atoms in total. The second-order valence-corrected chi connectivity index (χ2v) is 4.33. The molecule has 0 bridgehead atoms. The summed E-state index contributed by atoms with van der Waals surface area (Å²) in [6.45, 7) is 2.65. The third kappa shape index (κ3) is 2.50. The maximum absolute atomic E-state index is 12.7. The van der Waals surface area contributed by atoms with Crippen molar-refractivity contribution in [2.24, 2.45) is 0 Å². The van der Waals surface area contributed by atoms with Gasteiger partial charge in [-0.05, 0) is 48.1 Å². The lowest BCUT2D eigenvalue weighted by molar-refractivity contribution is -0.138. The Bertz CT molecular complexity index is 410. The molecule has 0 saturated heterocycles. The SMILES string of the molecule is CC(=O)c1c(C)ccc(I)c1C(F)(F)F. The van der Waals surface area contributed by atoms with Gasteiger partial charge in [0.1, 0.15) is 0 Å². The molecule has 0 N–H and O–H groups in total. The van der Waals surface area contributed by atoms with Crippen LogP contribution in [0.3, 0.4) is 0 Å². The Labute approximate surface area is 98.8 Å². The van der Waals surface area contributed by atoms with Crippen molar-refractivity contribution in [1.82, 2.24) is 0 Å². The van der Waals surface area contributed by atoms with E-state index in [0.29, 0.717) is 5.56 Å². The highest BCUT2D eigenvalue weighted by molar-refractivity contribution is 14.1. The molecule has 0 aliphatic rings. The van der Waals surface area contributed by atoms with Crippen molar-refractivity contribution in [3.05, 3.63) is 32.4 Å². The molecule has 0 heterocycles. The number of benzene rings is 1. The summed E-state index contributed by atoms with van der Waals surface area (Å²) in [5, 5.41) is 0. The van der Waals surface area contributed by atoms with Crippen LogP contribution in [0, 0.1) is 10.5 Å². The van der Waals surface area contributed by atoms with E-state index in [2.05, 4.69) is 0 Å². The summed E-state index contributed by atoms with van der Waals surface area (Å²) in [5.74, 6) is -0.557. The monoisotopic (exact) mass is 328 g/mol. The van der Waals surface area contributed by atoms with Gasteiger partial charge >= 0.3 is 6.18 Å². The van der Waals surface area contributed by atoms with E-state index in [-0.39, 0.29) is 9.13 Å². The summed E-state index contributed by atoms with van der Waals surface area (Å²) in [6, 6.07) is 2.89. The average Bonchev–Trinajstić information content (AvgIpc) is 2.05. The zero-order chi connectivity index (χ0) is 11.8. The van der Waals surface area contributed by atoms with Gasteiger partial charge in [0.15, 0.2) is 5.78 Å². The summed E-state index contributed by atoms with van der Waals surface area (Å²) in [4.78, 5) is 11.2. The first-order valence-corrected chi connectivity index (χ1v) is 5.20. The Balaban J connectivity index is 3.60. The van der Waals surface area contributed by atoms with E-state index in [4.69, 9.17) is 0 Å². The number of aryl methyl sites for hydroxylation is 1. The van der Waals surface area contributed by atoms with Gasteiger partial charge in [0, 0.05) is 9.13 Å². The maximum Gasteiger partial charge on any atom is 0.418 e. The summed E-state index contributed by atoms with van der Waals surface area (Å²) in [6.07, 6.45) is -4.48. The maximum atomic E-state index is 12.7. The van der Waals surface area contributed by atoms with Crippen molar-refractivity contribution < 1.29 is 18.0 Å². The molecule has 1 rings (SSSR count). The first kappa shape index (κ1) is 12.5. The molecule has 0 aromatic heterocycles. The molecule has 1 aromatic rings. The number of halogens is 4. The Morgan fingerprint density at radius 2 is 1.87 bits per heavy atom. The van der Waals surface area contributed by atoms with Crippen LogP contribution in [0.2, 0.25) is 0 Å². The van der Waals surface area contributed by atoms with Gasteiger partial charge in [0.2, 0.25) is 0 Å². The molecule has 0 amide bonds. The number of carbonyl (C=O) groups excluding carboxylic acids is 1. The fourth-order valence-corrected chi connectivity index (χ4v) is 2.17. The Kier molecular flexibility index (Phi) is 3.42. The largest absolute Gasteiger partial charge is 0.418 e. The Morgan fingerprint density at radius 3 is 2.20 bits per heavy atom. The van der Waals surface area contributed by atoms with E-state index in [1.54, 1.807) is 22.6 Å².